The van der Waals surface area contributed by atoms with Gasteiger partial charge in [-0.25, -0.2) is 12.8 Å². The molecule has 0 spiro atoms. The van der Waals surface area contributed by atoms with E-state index in [0.29, 0.717) is 19.4 Å². The maximum absolute atomic E-state index is 13.6. The SMILES string of the molecule is CC(C)CC(=O)N1Cc2ccccc2CC1C(=O)N1CCN(S(=O)(=O)c2cccc(F)c2)CC1. The summed E-state index contributed by atoms with van der Waals surface area (Å²) in [5.74, 6) is -0.639. The molecule has 2 heterocycles. The van der Waals surface area contributed by atoms with E-state index in [-0.39, 0.29) is 48.8 Å². The lowest BCUT2D eigenvalue weighted by atomic mass is 9.92. The first-order chi connectivity index (χ1) is 16.2. The average Bonchev–Trinajstić information content (AvgIpc) is 2.82. The first kappa shape index (κ1) is 24.3. The largest absolute Gasteiger partial charge is 0.338 e. The molecule has 1 saturated heterocycles. The molecule has 0 radical (unpaired) electrons. The number of sulfonamides is 1. The van der Waals surface area contributed by atoms with Crippen LogP contribution in [0, 0.1) is 11.7 Å². The van der Waals surface area contributed by atoms with Crippen molar-refractivity contribution in [1.29, 1.82) is 0 Å². The van der Waals surface area contributed by atoms with Gasteiger partial charge in [0, 0.05) is 45.6 Å². The molecule has 2 aromatic carbocycles. The molecule has 2 aliphatic heterocycles. The van der Waals surface area contributed by atoms with Crippen molar-refractivity contribution in [3.05, 3.63) is 65.5 Å². The van der Waals surface area contributed by atoms with Gasteiger partial charge in [-0.3, -0.25) is 9.59 Å². The average molecular weight is 488 g/mol. The van der Waals surface area contributed by atoms with E-state index in [9.17, 15) is 22.4 Å². The van der Waals surface area contributed by atoms with Gasteiger partial charge in [0.15, 0.2) is 0 Å². The summed E-state index contributed by atoms with van der Waals surface area (Å²) >= 11 is 0. The molecule has 182 valence electrons. The minimum atomic E-state index is -3.85. The van der Waals surface area contributed by atoms with Crippen LogP contribution in [0.5, 0.6) is 0 Å². The zero-order valence-electron chi connectivity index (χ0n) is 19.5. The summed E-state index contributed by atoms with van der Waals surface area (Å²) < 4.78 is 40.6. The zero-order chi connectivity index (χ0) is 24.5. The van der Waals surface area contributed by atoms with E-state index in [1.807, 2.05) is 38.1 Å². The van der Waals surface area contributed by atoms with Crippen LogP contribution in [-0.2, 0) is 32.6 Å². The second kappa shape index (κ2) is 9.84. The molecule has 2 aliphatic rings. The number of benzene rings is 2. The predicted molar refractivity (Wildman–Crippen MR) is 126 cm³/mol. The van der Waals surface area contributed by atoms with Crippen LogP contribution in [0.25, 0.3) is 0 Å². The van der Waals surface area contributed by atoms with Gasteiger partial charge in [0.2, 0.25) is 21.8 Å². The number of hydrogen-bond donors (Lipinski definition) is 0. The molecule has 1 atom stereocenters. The number of nitrogens with zero attached hydrogens (tertiary/aromatic N) is 3. The monoisotopic (exact) mass is 487 g/mol. The third-order valence-corrected chi connectivity index (χ3v) is 8.32. The molecule has 0 aromatic heterocycles. The van der Waals surface area contributed by atoms with Gasteiger partial charge in [-0.15, -0.1) is 0 Å². The Bertz CT molecular complexity index is 1180. The van der Waals surface area contributed by atoms with Gasteiger partial charge in [-0.05, 0) is 35.2 Å². The number of carbonyl (C=O) groups is 2. The number of carbonyl (C=O) groups excluding carboxylic acids is 2. The van der Waals surface area contributed by atoms with Crippen molar-refractivity contribution >= 4 is 21.8 Å². The van der Waals surface area contributed by atoms with Crippen LogP contribution in [-0.4, -0.2) is 66.6 Å². The van der Waals surface area contributed by atoms with Gasteiger partial charge in [-0.1, -0.05) is 44.2 Å². The maximum Gasteiger partial charge on any atom is 0.245 e. The van der Waals surface area contributed by atoms with Gasteiger partial charge in [0.05, 0.1) is 4.90 Å². The van der Waals surface area contributed by atoms with Crippen molar-refractivity contribution in [2.24, 2.45) is 5.92 Å². The molecule has 9 heteroatoms. The molecule has 7 nitrogen and oxygen atoms in total. The molecular formula is C25H30FN3O4S. The molecule has 0 aliphatic carbocycles. The zero-order valence-corrected chi connectivity index (χ0v) is 20.3. The number of halogens is 1. The van der Waals surface area contributed by atoms with E-state index >= 15 is 0 Å². The third kappa shape index (κ3) is 5.00. The summed E-state index contributed by atoms with van der Waals surface area (Å²) in [6.45, 7) is 5.03. The molecule has 2 aromatic rings. The van der Waals surface area contributed by atoms with Crippen LogP contribution in [0.2, 0.25) is 0 Å². The van der Waals surface area contributed by atoms with Crippen molar-refractivity contribution in [3.8, 4) is 0 Å². The van der Waals surface area contributed by atoms with E-state index in [1.54, 1.807) is 9.80 Å². The van der Waals surface area contributed by atoms with E-state index in [1.165, 1.54) is 22.5 Å². The quantitative estimate of drug-likeness (QED) is 0.650. The number of fused-ring (bicyclic) bond motifs is 1. The highest BCUT2D eigenvalue weighted by atomic mass is 32.2. The molecule has 1 fully saturated rings. The minimum absolute atomic E-state index is 0.0461. The fourth-order valence-corrected chi connectivity index (χ4v) is 6.06. The topological polar surface area (TPSA) is 78.0 Å². The number of hydrogen-bond acceptors (Lipinski definition) is 4. The normalized spacial score (nSPS) is 19.2. The predicted octanol–water partition coefficient (Wildman–Crippen LogP) is 2.66. The van der Waals surface area contributed by atoms with Gasteiger partial charge >= 0.3 is 0 Å². The fourth-order valence-electron chi connectivity index (χ4n) is 4.61. The second-order valence-corrected chi connectivity index (χ2v) is 11.2. The highest BCUT2D eigenvalue weighted by molar-refractivity contribution is 7.89. The molecule has 0 bridgehead atoms. The Balaban J connectivity index is 1.49. The summed E-state index contributed by atoms with van der Waals surface area (Å²) in [7, 11) is -3.85. The molecule has 4 rings (SSSR count). The Hall–Kier alpha value is -2.78. The summed E-state index contributed by atoms with van der Waals surface area (Å²) in [5, 5.41) is 0. The molecule has 2 amide bonds. The van der Waals surface area contributed by atoms with E-state index < -0.39 is 21.9 Å². The van der Waals surface area contributed by atoms with Crippen LogP contribution in [0.15, 0.2) is 53.4 Å². The second-order valence-electron chi connectivity index (χ2n) is 9.29. The Morgan fingerprint density at radius 3 is 2.32 bits per heavy atom. The van der Waals surface area contributed by atoms with E-state index in [2.05, 4.69) is 0 Å². The van der Waals surface area contributed by atoms with Crippen molar-refractivity contribution < 1.29 is 22.4 Å². The minimum Gasteiger partial charge on any atom is -0.338 e. The van der Waals surface area contributed by atoms with Crippen molar-refractivity contribution in [3.63, 3.8) is 0 Å². The third-order valence-electron chi connectivity index (χ3n) is 6.42. The summed E-state index contributed by atoms with van der Waals surface area (Å²) in [6, 6.07) is 12.2. The highest BCUT2D eigenvalue weighted by Gasteiger charge is 2.39. The van der Waals surface area contributed by atoms with Crippen molar-refractivity contribution in [1.82, 2.24) is 14.1 Å². The van der Waals surface area contributed by atoms with Crippen LogP contribution < -0.4 is 0 Å². The first-order valence-electron chi connectivity index (χ1n) is 11.6. The lowest BCUT2D eigenvalue weighted by molar-refractivity contribution is -0.148. The van der Waals surface area contributed by atoms with Gasteiger partial charge < -0.3 is 9.80 Å². The van der Waals surface area contributed by atoms with Gasteiger partial charge in [0.1, 0.15) is 11.9 Å². The lowest BCUT2D eigenvalue weighted by Gasteiger charge is -2.41. The van der Waals surface area contributed by atoms with Crippen LogP contribution >= 0.6 is 0 Å². The van der Waals surface area contributed by atoms with E-state index in [0.717, 1.165) is 17.2 Å². The molecule has 0 N–H and O–H groups in total. The van der Waals surface area contributed by atoms with Crippen molar-refractivity contribution in [2.45, 2.75) is 44.2 Å². The molecular weight excluding hydrogens is 457 g/mol. The Morgan fingerprint density at radius 1 is 1.00 bits per heavy atom. The van der Waals surface area contributed by atoms with Gasteiger partial charge in [-0.2, -0.15) is 4.31 Å². The smallest absolute Gasteiger partial charge is 0.245 e. The molecule has 1 unspecified atom stereocenters. The standard InChI is InChI=1S/C25H30FN3O4S/c1-18(2)14-24(30)29-17-20-7-4-3-6-19(20)15-23(29)25(31)27-10-12-28(13-11-27)34(32,33)22-9-5-8-21(26)16-22/h3-9,16,18,23H,10-15,17H2,1-2H3. The van der Waals surface area contributed by atoms with Crippen LogP contribution in [0.4, 0.5) is 4.39 Å². The van der Waals surface area contributed by atoms with Crippen molar-refractivity contribution in [2.75, 3.05) is 26.2 Å². The highest BCUT2D eigenvalue weighted by Crippen LogP contribution is 2.27. The lowest BCUT2D eigenvalue weighted by Crippen LogP contribution is -2.58. The Morgan fingerprint density at radius 2 is 1.68 bits per heavy atom. The number of piperazine rings is 1. The summed E-state index contributed by atoms with van der Waals surface area (Å²) in [5.41, 5.74) is 2.11. The van der Waals surface area contributed by atoms with Gasteiger partial charge in [0.25, 0.3) is 0 Å². The molecule has 34 heavy (non-hydrogen) atoms. The molecule has 0 saturated carbocycles. The Labute approximate surface area is 200 Å². The maximum atomic E-state index is 13.6. The van der Waals surface area contributed by atoms with Crippen LogP contribution in [0.3, 0.4) is 0 Å². The van der Waals surface area contributed by atoms with E-state index in [4.69, 9.17) is 0 Å². The number of rotatable bonds is 5. The first-order valence-corrected chi connectivity index (χ1v) is 13.0. The summed E-state index contributed by atoms with van der Waals surface area (Å²) in [6.07, 6.45) is 0.812. The number of amides is 2. The fraction of sp³-hybridized carbons (Fsp3) is 0.440. The summed E-state index contributed by atoms with van der Waals surface area (Å²) in [4.78, 5) is 29.8. The Kier molecular flexibility index (Phi) is 7.04. The van der Waals surface area contributed by atoms with Crippen LogP contribution in [0.1, 0.15) is 31.4 Å².